The SMILES string of the molecule is O=C1C[C@@H]([NH+]2CCN(c3ccc(F)cc3)CC2)C(=O)N1c1cccc(Cl)c1. The van der Waals surface area contributed by atoms with Gasteiger partial charge in [0, 0.05) is 10.7 Å². The van der Waals surface area contributed by atoms with Crippen LogP contribution < -0.4 is 14.7 Å². The van der Waals surface area contributed by atoms with Gasteiger partial charge in [0.25, 0.3) is 5.91 Å². The number of halogens is 2. The number of piperazine rings is 1. The van der Waals surface area contributed by atoms with Gasteiger partial charge in [0.2, 0.25) is 5.91 Å². The molecule has 0 unspecified atom stereocenters. The third-order valence-electron chi connectivity index (χ3n) is 5.30. The molecule has 0 bridgehead atoms. The van der Waals surface area contributed by atoms with Crippen LogP contribution in [0.2, 0.25) is 5.02 Å². The van der Waals surface area contributed by atoms with Crippen molar-refractivity contribution >= 4 is 34.8 Å². The van der Waals surface area contributed by atoms with Crippen molar-refractivity contribution in [3.8, 4) is 0 Å². The normalized spacial score (nSPS) is 21.2. The van der Waals surface area contributed by atoms with Gasteiger partial charge in [-0.3, -0.25) is 9.59 Å². The summed E-state index contributed by atoms with van der Waals surface area (Å²) in [6, 6.07) is 12.9. The van der Waals surface area contributed by atoms with E-state index in [-0.39, 0.29) is 30.1 Å². The Bertz CT molecular complexity index is 866. The largest absolute Gasteiger partial charge is 0.360 e. The van der Waals surface area contributed by atoms with E-state index in [1.807, 2.05) is 0 Å². The number of benzene rings is 2. The van der Waals surface area contributed by atoms with Gasteiger partial charge in [-0.25, -0.2) is 9.29 Å². The van der Waals surface area contributed by atoms with Crippen LogP contribution in [-0.2, 0) is 9.59 Å². The average molecular weight is 389 g/mol. The first-order valence-corrected chi connectivity index (χ1v) is 9.38. The standard InChI is InChI=1S/C20H19ClFN3O2/c21-14-2-1-3-17(12-14)25-19(26)13-18(20(25)27)24-10-8-23(9-11-24)16-6-4-15(22)5-7-16/h1-7,12,18H,8-11,13H2/p+1/t18-/m1/s1. The third-order valence-corrected chi connectivity index (χ3v) is 5.54. The number of hydrogen-bond acceptors (Lipinski definition) is 3. The molecule has 2 aromatic rings. The van der Waals surface area contributed by atoms with Crippen LogP contribution in [0.3, 0.4) is 0 Å². The second kappa shape index (κ2) is 7.29. The topological polar surface area (TPSA) is 45.1 Å². The zero-order valence-corrected chi connectivity index (χ0v) is 15.5. The van der Waals surface area contributed by atoms with E-state index in [4.69, 9.17) is 11.6 Å². The zero-order chi connectivity index (χ0) is 19.0. The molecule has 2 amide bonds. The molecule has 0 aromatic heterocycles. The molecule has 1 N–H and O–H groups in total. The van der Waals surface area contributed by atoms with Gasteiger partial charge in [-0.1, -0.05) is 17.7 Å². The van der Waals surface area contributed by atoms with E-state index >= 15 is 0 Å². The zero-order valence-electron chi connectivity index (χ0n) is 14.7. The summed E-state index contributed by atoms with van der Waals surface area (Å²) in [5.74, 6) is -0.590. The number of imide groups is 1. The van der Waals surface area contributed by atoms with Crippen molar-refractivity contribution in [2.24, 2.45) is 0 Å². The number of rotatable bonds is 3. The Hall–Kier alpha value is -2.44. The van der Waals surface area contributed by atoms with Crippen molar-refractivity contribution in [3.05, 3.63) is 59.4 Å². The summed E-state index contributed by atoms with van der Waals surface area (Å²) in [6.45, 7) is 3.03. The lowest BCUT2D eigenvalue weighted by molar-refractivity contribution is -0.915. The van der Waals surface area contributed by atoms with Crippen molar-refractivity contribution in [2.45, 2.75) is 12.5 Å². The molecule has 0 aliphatic carbocycles. The maximum atomic E-state index is 13.1. The van der Waals surface area contributed by atoms with Gasteiger partial charge in [0.1, 0.15) is 5.82 Å². The summed E-state index contributed by atoms with van der Waals surface area (Å²) < 4.78 is 13.1. The molecule has 0 radical (unpaired) electrons. The van der Waals surface area contributed by atoms with Gasteiger partial charge in [0.05, 0.1) is 38.3 Å². The quantitative estimate of drug-likeness (QED) is 0.811. The summed E-state index contributed by atoms with van der Waals surface area (Å²) >= 11 is 6.00. The highest BCUT2D eigenvalue weighted by Gasteiger charge is 2.46. The highest BCUT2D eigenvalue weighted by Crippen LogP contribution is 2.25. The van der Waals surface area contributed by atoms with E-state index in [1.54, 1.807) is 36.4 Å². The van der Waals surface area contributed by atoms with Crippen LogP contribution in [0, 0.1) is 5.82 Å². The maximum absolute atomic E-state index is 13.1. The van der Waals surface area contributed by atoms with Crippen LogP contribution in [0.15, 0.2) is 48.5 Å². The van der Waals surface area contributed by atoms with Crippen LogP contribution >= 0.6 is 11.6 Å². The van der Waals surface area contributed by atoms with Crippen molar-refractivity contribution in [2.75, 3.05) is 36.0 Å². The molecule has 27 heavy (non-hydrogen) atoms. The lowest BCUT2D eigenvalue weighted by Crippen LogP contribution is -3.19. The predicted octanol–water partition coefficient (Wildman–Crippen LogP) is 1.52. The van der Waals surface area contributed by atoms with Crippen molar-refractivity contribution in [1.29, 1.82) is 0 Å². The molecule has 2 aromatic carbocycles. The van der Waals surface area contributed by atoms with Gasteiger partial charge < -0.3 is 9.80 Å². The van der Waals surface area contributed by atoms with E-state index in [0.29, 0.717) is 10.7 Å². The fourth-order valence-corrected chi connectivity index (χ4v) is 4.07. The van der Waals surface area contributed by atoms with Crippen LogP contribution in [0.5, 0.6) is 0 Å². The molecule has 0 spiro atoms. The summed E-state index contributed by atoms with van der Waals surface area (Å²) in [5, 5.41) is 0.497. The van der Waals surface area contributed by atoms with Crippen molar-refractivity contribution in [3.63, 3.8) is 0 Å². The lowest BCUT2D eigenvalue weighted by Gasteiger charge is -2.35. The molecule has 2 fully saturated rings. The first-order valence-electron chi connectivity index (χ1n) is 9.00. The Morgan fingerprint density at radius 3 is 2.37 bits per heavy atom. The Morgan fingerprint density at radius 1 is 1.00 bits per heavy atom. The average Bonchev–Trinajstić information content (AvgIpc) is 2.97. The molecule has 0 saturated carbocycles. The van der Waals surface area contributed by atoms with Gasteiger partial charge >= 0.3 is 0 Å². The van der Waals surface area contributed by atoms with Gasteiger partial charge in [-0.15, -0.1) is 0 Å². The first kappa shape index (κ1) is 17.9. The molecule has 2 saturated heterocycles. The highest BCUT2D eigenvalue weighted by molar-refractivity contribution is 6.31. The molecule has 2 heterocycles. The molecule has 1 atom stereocenters. The monoisotopic (exact) mass is 388 g/mol. The molecule has 2 aliphatic rings. The van der Waals surface area contributed by atoms with Crippen LogP contribution in [0.4, 0.5) is 15.8 Å². The first-order chi connectivity index (χ1) is 13.0. The van der Waals surface area contributed by atoms with E-state index in [2.05, 4.69) is 4.90 Å². The number of carbonyl (C=O) groups is 2. The van der Waals surface area contributed by atoms with Crippen LogP contribution in [0.25, 0.3) is 0 Å². The minimum Gasteiger partial charge on any atom is -0.360 e. The Labute approximate surface area is 161 Å². The molecule has 140 valence electrons. The number of amides is 2. The minimum atomic E-state index is -0.355. The lowest BCUT2D eigenvalue weighted by atomic mass is 10.1. The molecule has 2 aliphatic heterocycles. The fourth-order valence-electron chi connectivity index (χ4n) is 3.89. The van der Waals surface area contributed by atoms with Gasteiger partial charge in [0.15, 0.2) is 6.04 Å². The molecular formula is C20H20ClFN3O2+. The smallest absolute Gasteiger partial charge is 0.292 e. The minimum absolute atomic E-state index is 0.160. The predicted molar refractivity (Wildman–Crippen MR) is 102 cm³/mol. The Balaban J connectivity index is 1.44. The van der Waals surface area contributed by atoms with Crippen LogP contribution in [0.1, 0.15) is 6.42 Å². The summed E-state index contributed by atoms with van der Waals surface area (Å²) in [6.07, 6.45) is 0.219. The van der Waals surface area contributed by atoms with Crippen LogP contribution in [-0.4, -0.2) is 44.0 Å². The molecule has 7 heteroatoms. The maximum Gasteiger partial charge on any atom is 0.292 e. The number of hydrogen-bond donors (Lipinski definition) is 1. The number of nitrogens with one attached hydrogen (secondary N) is 1. The van der Waals surface area contributed by atoms with E-state index in [1.165, 1.54) is 17.0 Å². The number of anilines is 2. The summed E-state index contributed by atoms with van der Waals surface area (Å²) in [5.41, 5.74) is 1.51. The summed E-state index contributed by atoms with van der Waals surface area (Å²) in [7, 11) is 0. The van der Waals surface area contributed by atoms with Gasteiger partial charge in [-0.05, 0) is 42.5 Å². The van der Waals surface area contributed by atoms with Gasteiger partial charge in [-0.2, -0.15) is 0 Å². The second-order valence-corrected chi connectivity index (χ2v) is 7.36. The van der Waals surface area contributed by atoms with E-state index in [9.17, 15) is 14.0 Å². The van der Waals surface area contributed by atoms with Crippen molar-refractivity contribution in [1.82, 2.24) is 0 Å². The molecular weight excluding hydrogens is 369 g/mol. The van der Waals surface area contributed by atoms with E-state index < -0.39 is 0 Å². The molecule has 5 nitrogen and oxygen atoms in total. The third kappa shape index (κ3) is 3.55. The second-order valence-electron chi connectivity index (χ2n) is 6.93. The number of quaternary nitrogens is 1. The molecule has 4 rings (SSSR count). The highest BCUT2D eigenvalue weighted by atomic mass is 35.5. The number of carbonyl (C=O) groups excluding carboxylic acids is 2. The van der Waals surface area contributed by atoms with Crippen molar-refractivity contribution < 1.29 is 18.9 Å². The van der Waals surface area contributed by atoms with E-state index in [0.717, 1.165) is 36.8 Å². The number of nitrogens with zero attached hydrogens (tertiary/aromatic N) is 2. The Morgan fingerprint density at radius 2 is 1.70 bits per heavy atom. The Kier molecular flexibility index (Phi) is 4.85. The summed E-state index contributed by atoms with van der Waals surface area (Å²) in [4.78, 5) is 29.9. The fraction of sp³-hybridized carbons (Fsp3) is 0.300.